The van der Waals surface area contributed by atoms with Crippen LogP contribution in [0.3, 0.4) is 0 Å². The lowest BCUT2D eigenvalue weighted by atomic mass is 10.0. The highest BCUT2D eigenvalue weighted by Crippen LogP contribution is 2.29. The third-order valence-electron chi connectivity index (χ3n) is 3.57. The van der Waals surface area contributed by atoms with E-state index in [0.717, 1.165) is 38.6 Å². The first kappa shape index (κ1) is 11.8. The average molecular weight is 253 g/mol. The van der Waals surface area contributed by atoms with Crippen LogP contribution in [-0.4, -0.2) is 12.1 Å². The van der Waals surface area contributed by atoms with Gasteiger partial charge in [0.2, 0.25) is 0 Å². The van der Waals surface area contributed by atoms with Crippen LogP contribution < -0.4 is 10.3 Å². The molecular formula is C16H15NO2. The number of benzene rings is 2. The highest BCUT2D eigenvalue weighted by atomic mass is 16.5. The zero-order valence-corrected chi connectivity index (χ0v) is 11.2. The van der Waals surface area contributed by atoms with Crippen LogP contribution in [0.4, 0.5) is 0 Å². The molecule has 0 atom stereocenters. The van der Waals surface area contributed by atoms with Gasteiger partial charge in [0, 0.05) is 5.39 Å². The number of fused-ring (bicyclic) bond motifs is 3. The maximum atomic E-state index is 12.2. The molecule has 0 bridgehead atoms. The minimum absolute atomic E-state index is 0.0335. The lowest BCUT2D eigenvalue weighted by Gasteiger charge is -2.10. The Bertz CT molecular complexity index is 847. The monoisotopic (exact) mass is 253 g/mol. The molecule has 0 fully saturated rings. The van der Waals surface area contributed by atoms with Gasteiger partial charge in [-0.1, -0.05) is 18.2 Å². The van der Waals surface area contributed by atoms with Gasteiger partial charge in [-0.25, -0.2) is 0 Å². The summed E-state index contributed by atoms with van der Waals surface area (Å²) in [6.45, 7) is 3.93. The Morgan fingerprint density at radius 3 is 2.58 bits per heavy atom. The number of nitrogens with one attached hydrogen (secondary N) is 1. The molecule has 0 unspecified atom stereocenters. The van der Waals surface area contributed by atoms with Crippen LogP contribution in [0, 0.1) is 13.8 Å². The van der Waals surface area contributed by atoms with Crippen LogP contribution in [0.5, 0.6) is 5.75 Å². The molecular weight excluding hydrogens is 238 g/mol. The SMILES string of the molecule is COc1cc(C)c2[nH]c(=O)c3c(C)cccc3c2c1. The fraction of sp³-hybridized carbons (Fsp3) is 0.188. The maximum absolute atomic E-state index is 12.2. The number of methoxy groups -OCH3 is 1. The second-order valence-corrected chi connectivity index (χ2v) is 4.82. The van der Waals surface area contributed by atoms with Crippen molar-refractivity contribution >= 4 is 21.7 Å². The van der Waals surface area contributed by atoms with Crippen LogP contribution in [0.1, 0.15) is 11.1 Å². The zero-order valence-electron chi connectivity index (χ0n) is 11.2. The molecule has 2 aromatic carbocycles. The summed E-state index contributed by atoms with van der Waals surface area (Å²) in [4.78, 5) is 15.2. The number of ether oxygens (including phenoxy) is 1. The van der Waals surface area contributed by atoms with E-state index in [1.165, 1.54) is 0 Å². The smallest absolute Gasteiger partial charge is 0.256 e. The van der Waals surface area contributed by atoms with Crippen molar-refractivity contribution in [1.82, 2.24) is 4.98 Å². The highest BCUT2D eigenvalue weighted by molar-refractivity contribution is 6.07. The van der Waals surface area contributed by atoms with Crippen LogP contribution in [0.25, 0.3) is 21.7 Å². The molecule has 1 heterocycles. The Labute approximate surface area is 110 Å². The first-order chi connectivity index (χ1) is 9.11. The van der Waals surface area contributed by atoms with Gasteiger partial charge in [-0.3, -0.25) is 4.79 Å². The summed E-state index contributed by atoms with van der Waals surface area (Å²) in [5.74, 6) is 0.805. The lowest BCUT2D eigenvalue weighted by Crippen LogP contribution is -2.08. The van der Waals surface area contributed by atoms with Crippen molar-refractivity contribution in [3.05, 3.63) is 51.8 Å². The van der Waals surface area contributed by atoms with E-state index in [1.807, 2.05) is 44.2 Å². The quantitative estimate of drug-likeness (QED) is 0.676. The van der Waals surface area contributed by atoms with E-state index in [2.05, 4.69) is 4.98 Å². The van der Waals surface area contributed by atoms with Gasteiger partial charge in [0.1, 0.15) is 5.75 Å². The molecule has 0 aliphatic rings. The predicted octanol–water partition coefficient (Wildman–Crippen LogP) is 3.31. The minimum atomic E-state index is -0.0335. The lowest BCUT2D eigenvalue weighted by molar-refractivity contribution is 0.415. The molecule has 0 amide bonds. The molecule has 0 spiro atoms. The standard InChI is InChI=1S/C16H15NO2/c1-9-5-4-6-12-13-8-11(19-3)7-10(2)15(13)17-16(18)14(9)12/h4-8H,1-3H3,(H,17,18). The third kappa shape index (κ3) is 1.70. The molecule has 1 aromatic heterocycles. The van der Waals surface area contributed by atoms with Crippen LogP contribution in [0.15, 0.2) is 35.1 Å². The number of hydrogen-bond acceptors (Lipinski definition) is 2. The molecule has 0 aliphatic carbocycles. The van der Waals surface area contributed by atoms with Gasteiger partial charge < -0.3 is 9.72 Å². The number of hydrogen-bond donors (Lipinski definition) is 1. The molecule has 19 heavy (non-hydrogen) atoms. The summed E-state index contributed by atoms with van der Waals surface area (Å²) >= 11 is 0. The van der Waals surface area contributed by atoms with E-state index < -0.39 is 0 Å². The number of aromatic nitrogens is 1. The molecule has 0 saturated heterocycles. The summed E-state index contributed by atoms with van der Waals surface area (Å²) in [6.07, 6.45) is 0. The zero-order chi connectivity index (χ0) is 13.6. The van der Waals surface area contributed by atoms with E-state index in [9.17, 15) is 4.79 Å². The fourth-order valence-electron chi connectivity index (χ4n) is 2.62. The fourth-order valence-corrected chi connectivity index (χ4v) is 2.62. The van der Waals surface area contributed by atoms with Gasteiger partial charge in [-0.15, -0.1) is 0 Å². The Hall–Kier alpha value is -2.29. The first-order valence-electron chi connectivity index (χ1n) is 6.22. The summed E-state index contributed by atoms with van der Waals surface area (Å²) in [6, 6.07) is 9.82. The normalized spacial score (nSPS) is 11.1. The van der Waals surface area contributed by atoms with Crippen LogP contribution >= 0.6 is 0 Å². The Balaban J connectivity index is 2.62. The summed E-state index contributed by atoms with van der Waals surface area (Å²) in [5.41, 5.74) is 2.84. The molecule has 0 radical (unpaired) electrons. The van der Waals surface area contributed by atoms with Crippen LogP contribution in [0.2, 0.25) is 0 Å². The van der Waals surface area contributed by atoms with Gasteiger partial charge in [-0.05, 0) is 42.5 Å². The summed E-state index contributed by atoms with van der Waals surface area (Å²) in [7, 11) is 1.65. The van der Waals surface area contributed by atoms with Crippen molar-refractivity contribution in [1.29, 1.82) is 0 Å². The number of pyridine rings is 1. The molecule has 3 rings (SSSR count). The number of H-pyrrole nitrogens is 1. The van der Waals surface area contributed by atoms with Crippen molar-refractivity contribution in [2.24, 2.45) is 0 Å². The van der Waals surface area contributed by atoms with E-state index in [0.29, 0.717) is 0 Å². The number of aromatic amines is 1. The van der Waals surface area contributed by atoms with Crippen molar-refractivity contribution in [2.45, 2.75) is 13.8 Å². The van der Waals surface area contributed by atoms with E-state index in [4.69, 9.17) is 4.74 Å². The number of rotatable bonds is 1. The summed E-state index contributed by atoms with van der Waals surface area (Å²) < 4.78 is 5.32. The van der Waals surface area contributed by atoms with Gasteiger partial charge in [0.25, 0.3) is 5.56 Å². The molecule has 3 heteroatoms. The molecule has 0 aliphatic heterocycles. The molecule has 3 aromatic rings. The highest BCUT2D eigenvalue weighted by Gasteiger charge is 2.10. The molecule has 96 valence electrons. The first-order valence-corrected chi connectivity index (χ1v) is 6.22. The van der Waals surface area contributed by atoms with Crippen molar-refractivity contribution < 1.29 is 4.74 Å². The van der Waals surface area contributed by atoms with E-state index >= 15 is 0 Å². The topological polar surface area (TPSA) is 42.1 Å². The molecule has 1 N–H and O–H groups in total. The largest absolute Gasteiger partial charge is 0.497 e. The number of aryl methyl sites for hydroxylation is 2. The Morgan fingerprint density at radius 2 is 1.84 bits per heavy atom. The molecule has 3 nitrogen and oxygen atoms in total. The van der Waals surface area contributed by atoms with Crippen molar-refractivity contribution in [3.8, 4) is 5.75 Å². The van der Waals surface area contributed by atoms with Gasteiger partial charge in [0.15, 0.2) is 0 Å². The van der Waals surface area contributed by atoms with Gasteiger partial charge >= 0.3 is 0 Å². The minimum Gasteiger partial charge on any atom is -0.497 e. The second kappa shape index (κ2) is 4.12. The van der Waals surface area contributed by atoms with Gasteiger partial charge in [0.05, 0.1) is 18.0 Å². The maximum Gasteiger partial charge on any atom is 0.256 e. The Kier molecular flexibility index (Phi) is 2.56. The third-order valence-corrected chi connectivity index (χ3v) is 3.57. The van der Waals surface area contributed by atoms with E-state index in [1.54, 1.807) is 7.11 Å². The van der Waals surface area contributed by atoms with Gasteiger partial charge in [-0.2, -0.15) is 0 Å². The van der Waals surface area contributed by atoms with Crippen LogP contribution in [-0.2, 0) is 0 Å². The van der Waals surface area contributed by atoms with Crippen molar-refractivity contribution in [2.75, 3.05) is 7.11 Å². The average Bonchev–Trinajstić information content (AvgIpc) is 2.39. The predicted molar refractivity (Wildman–Crippen MR) is 78.1 cm³/mol. The summed E-state index contributed by atoms with van der Waals surface area (Å²) in [5, 5.41) is 2.75. The van der Waals surface area contributed by atoms with Crippen molar-refractivity contribution in [3.63, 3.8) is 0 Å². The Morgan fingerprint density at radius 1 is 1.05 bits per heavy atom. The molecule has 0 saturated carbocycles. The second-order valence-electron chi connectivity index (χ2n) is 4.82. The van der Waals surface area contributed by atoms with E-state index in [-0.39, 0.29) is 5.56 Å².